The van der Waals surface area contributed by atoms with Crippen LogP contribution >= 0.6 is 0 Å². The summed E-state index contributed by atoms with van der Waals surface area (Å²) in [6.07, 6.45) is 5.26. The summed E-state index contributed by atoms with van der Waals surface area (Å²) in [6.45, 7) is 4.80. The van der Waals surface area contributed by atoms with E-state index < -0.39 is 0 Å². The Morgan fingerprint density at radius 3 is 2.38 bits per heavy atom. The molecule has 0 bridgehead atoms. The number of benzene rings is 2. The summed E-state index contributed by atoms with van der Waals surface area (Å²) in [6, 6.07) is 20.5. The molecule has 1 fully saturated rings. The van der Waals surface area contributed by atoms with Gasteiger partial charge in [0.2, 0.25) is 0 Å². The van der Waals surface area contributed by atoms with Crippen LogP contribution in [0.2, 0.25) is 0 Å². The van der Waals surface area contributed by atoms with Gasteiger partial charge in [-0.05, 0) is 49.0 Å². The van der Waals surface area contributed by atoms with E-state index in [1.807, 2.05) is 0 Å². The first-order chi connectivity index (χ1) is 10.4. The van der Waals surface area contributed by atoms with Gasteiger partial charge in [0, 0.05) is 6.04 Å². The first-order valence-corrected chi connectivity index (χ1v) is 8.28. The molecular weight excluding hydrogens is 254 g/mol. The Labute approximate surface area is 128 Å². The molecule has 21 heavy (non-hydrogen) atoms. The molecule has 1 saturated heterocycles. The van der Waals surface area contributed by atoms with Crippen LogP contribution in [0.3, 0.4) is 0 Å². The summed E-state index contributed by atoms with van der Waals surface area (Å²) in [5, 5.41) is 0. The number of unbranched alkanes of at least 4 members (excludes halogenated alkanes) is 1. The molecule has 0 saturated carbocycles. The molecule has 2 aromatic rings. The van der Waals surface area contributed by atoms with Crippen molar-refractivity contribution in [2.75, 3.05) is 13.1 Å². The lowest BCUT2D eigenvalue weighted by Gasteiger charge is -2.24. The van der Waals surface area contributed by atoms with Crippen molar-refractivity contribution >= 4 is 0 Å². The van der Waals surface area contributed by atoms with Crippen molar-refractivity contribution in [1.82, 2.24) is 4.90 Å². The first-order valence-electron chi connectivity index (χ1n) is 8.28. The van der Waals surface area contributed by atoms with E-state index in [0.717, 1.165) is 0 Å². The Morgan fingerprint density at radius 1 is 0.952 bits per heavy atom. The third-order valence-electron chi connectivity index (χ3n) is 4.57. The number of hydrogen-bond acceptors (Lipinski definition) is 1. The molecule has 0 aliphatic carbocycles. The van der Waals surface area contributed by atoms with E-state index in [1.165, 1.54) is 55.5 Å². The topological polar surface area (TPSA) is 3.24 Å². The van der Waals surface area contributed by atoms with E-state index in [1.54, 1.807) is 0 Å². The highest BCUT2D eigenvalue weighted by Gasteiger charge is 2.24. The fourth-order valence-electron chi connectivity index (χ4n) is 3.36. The third kappa shape index (κ3) is 3.36. The van der Waals surface area contributed by atoms with Gasteiger partial charge in [0.15, 0.2) is 0 Å². The predicted molar refractivity (Wildman–Crippen MR) is 90.3 cm³/mol. The van der Waals surface area contributed by atoms with Crippen LogP contribution in [-0.2, 0) is 0 Å². The number of hydrogen-bond donors (Lipinski definition) is 0. The van der Waals surface area contributed by atoms with Gasteiger partial charge >= 0.3 is 0 Å². The highest BCUT2D eigenvalue weighted by Crippen LogP contribution is 2.33. The molecule has 0 spiro atoms. The average molecular weight is 279 g/mol. The van der Waals surface area contributed by atoms with Crippen molar-refractivity contribution in [1.29, 1.82) is 0 Å². The zero-order chi connectivity index (χ0) is 14.5. The zero-order valence-corrected chi connectivity index (χ0v) is 13.0. The number of rotatable bonds is 5. The van der Waals surface area contributed by atoms with Crippen molar-refractivity contribution < 1.29 is 0 Å². The van der Waals surface area contributed by atoms with Crippen molar-refractivity contribution in [3.05, 3.63) is 60.2 Å². The molecule has 1 atom stereocenters. The highest BCUT2D eigenvalue weighted by molar-refractivity contribution is 5.63. The van der Waals surface area contributed by atoms with E-state index in [2.05, 4.69) is 66.4 Å². The molecule has 2 aromatic carbocycles. The molecule has 1 aliphatic rings. The molecule has 0 N–H and O–H groups in total. The van der Waals surface area contributed by atoms with Gasteiger partial charge in [-0.15, -0.1) is 0 Å². The second-order valence-electron chi connectivity index (χ2n) is 6.04. The number of likely N-dealkylation sites (tertiary alicyclic amines) is 1. The minimum absolute atomic E-state index is 0.640. The molecule has 0 aromatic heterocycles. The summed E-state index contributed by atoms with van der Waals surface area (Å²) in [4.78, 5) is 2.67. The van der Waals surface area contributed by atoms with Crippen molar-refractivity contribution in [3.63, 3.8) is 0 Å². The molecule has 1 unspecified atom stereocenters. The fourth-order valence-corrected chi connectivity index (χ4v) is 3.36. The van der Waals surface area contributed by atoms with Crippen LogP contribution in [0.25, 0.3) is 11.1 Å². The van der Waals surface area contributed by atoms with Crippen LogP contribution in [0, 0.1) is 0 Å². The van der Waals surface area contributed by atoms with E-state index in [0.29, 0.717) is 6.04 Å². The molecule has 3 rings (SSSR count). The largest absolute Gasteiger partial charge is 0.296 e. The summed E-state index contributed by atoms with van der Waals surface area (Å²) >= 11 is 0. The summed E-state index contributed by atoms with van der Waals surface area (Å²) in [5.41, 5.74) is 4.11. The Hall–Kier alpha value is -1.60. The van der Waals surface area contributed by atoms with E-state index in [-0.39, 0.29) is 0 Å². The smallest absolute Gasteiger partial charge is 0.0348 e. The quantitative estimate of drug-likeness (QED) is 0.718. The monoisotopic (exact) mass is 279 g/mol. The molecule has 0 amide bonds. The Balaban J connectivity index is 1.74. The maximum Gasteiger partial charge on any atom is 0.0348 e. The van der Waals surface area contributed by atoms with Crippen LogP contribution in [0.1, 0.15) is 44.2 Å². The van der Waals surface area contributed by atoms with Crippen molar-refractivity contribution in [3.8, 4) is 11.1 Å². The van der Waals surface area contributed by atoms with Gasteiger partial charge in [-0.25, -0.2) is 0 Å². The van der Waals surface area contributed by atoms with E-state index in [9.17, 15) is 0 Å². The van der Waals surface area contributed by atoms with E-state index in [4.69, 9.17) is 0 Å². The molecule has 1 heterocycles. The predicted octanol–water partition coefficient (Wildman–Crippen LogP) is 5.29. The van der Waals surface area contributed by atoms with Gasteiger partial charge in [0.25, 0.3) is 0 Å². The molecule has 0 radical (unpaired) electrons. The van der Waals surface area contributed by atoms with Gasteiger partial charge in [0.05, 0.1) is 0 Å². The van der Waals surface area contributed by atoms with Crippen molar-refractivity contribution in [2.45, 2.75) is 38.6 Å². The van der Waals surface area contributed by atoms with Crippen LogP contribution in [-0.4, -0.2) is 18.0 Å². The lowest BCUT2D eigenvalue weighted by molar-refractivity contribution is 0.253. The summed E-state index contributed by atoms with van der Waals surface area (Å²) < 4.78 is 0. The zero-order valence-electron chi connectivity index (χ0n) is 13.0. The van der Waals surface area contributed by atoms with Gasteiger partial charge in [-0.3, -0.25) is 4.90 Å². The van der Waals surface area contributed by atoms with Gasteiger partial charge in [-0.1, -0.05) is 67.9 Å². The van der Waals surface area contributed by atoms with E-state index >= 15 is 0 Å². The highest BCUT2D eigenvalue weighted by atomic mass is 15.2. The van der Waals surface area contributed by atoms with Gasteiger partial charge in [0.1, 0.15) is 0 Å². The SMILES string of the molecule is CCCCN1CCCC1c1ccc(-c2ccccc2)cc1. The Kier molecular flexibility index (Phi) is 4.72. The normalized spacial score (nSPS) is 19.0. The molecular formula is C20H25N. The lowest BCUT2D eigenvalue weighted by Crippen LogP contribution is -2.24. The molecule has 1 heteroatoms. The maximum atomic E-state index is 2.67. The Bertz CT molecular complexity index is 544. The fraction of sp³-hybridized carbons (Fsp3) is 0.400. The average Bonchev–Trinajstić information content (AvgIpc) is 3.02. The second-order valence-corrected chi connectivity index (χ2v) is 6.04. The van der Waals surface area contributed by atoms with Crippen LogP contribution < -0.4 is 0 Å². The second kappa shape index (κ2) is 6.91. The standard InChI is InChI=1S/C20H25N/c1-2-3-15-21-16-7-10-20(21)19-13-11-18(12-14-19)17-8-5-4-6-9-17/h4-6,8-9,11-14,20H,2-3,7,10,15-16H2,1H3. The summed E-state index contributed by atoms with van der Waals surface area (Å²) in [7, 11) is 0. The maximum absolute atomic E-state index is 2.67. The Morgan fingerprint density at radius 2 is 1.67 bits per heavy atom. The third-order valence-corrected chi connectivity index (χ3v) is 4.57. The lowest BCUT2D eigenvalue weighted by atomic mass is 9.99. The molecule has 110 valence electrons. The van der Waals surface area contributed by atoms with Crippen LogP contribution in [0.4, 0.5) is 0 Å². The minimum atomic E-state index is 0.640. The van der Waals surface area contributed by atoms with Gasteiger partial charge in [-0.2, -0.15) is 0 Å². The molecule has 1 nitrogen and oxygen atoms in total. The van der Waals surface area contributed by atoms with Crippen LogP contribution in [0.15, 0.2) is 54.6 Å². The van der Waals surface area contributed by atoms with Crippen molar-refractivity contribution in [2.24, 2.45) is 0 Å². The first kappa shape index (κ1) is 14.3. The number of nitrogens with zero attached hydrogens (tertiary/aromatic N) is 1. The molecule has 1 aliphatic heterocycles. The minimum Gasteiger partial charge on any atom is -0.296 e. The van der Waals surface area contributed by atoms with Crippen LogP contribution in [0.5, 0.6) is 0 Å². The van der Waals surface area contributed by atoms with Gasteiger partial charge < -0.3 is 0 Å². The summed E-state index contributed by atoms with van der Waals surface area (Å²) in [5.74, 6) is 0.